The van der Waals surface area contributed by atoms with Crippen LogP contribution in [-0.2, 0) is 47.6 Å². The third-order valence-corrected chi connectivity index (χ3v) is 12.9. The lowest BCUT2D eigenvalue weighted by molar-refractivity contribution is -0.345. The molecule has 57 heavy (non-hydrogen) atoms. The van der Waals surface area contributed by atoms with Gasteiger partial charge in [-0.25, -0.2) is 14.4 Å². The highest BCUT2D eigenvalue weighted by atomic mass is 16.8. The molecule has 16 nitrogen and oxygen atoms in total. The van der Waals surface area contributed by atoms with E-state index in [-0.39, 0.29) is 36.2 Å². The van der Waals surface area contributed by atoms with Gasteiger partial charge >= 0.3 is 24.1 Å². The molecule has 312 valence electrons. The zero-order chi connectivity index (χ0) is 42.2. The maximum Gasteiger partial charge on any atom is 0.509 e. The first-order valence-corrected chi connectivity index (χ1v) is 19.3. The Hall–Kier alpha value is -4.38. The number of amides is 1. The minimum Gasteiger partial charge on any atom is -0.454 e. The number of carbonyl (C=O) groups is 6. The average Bonchev–Trinajstić information content (AvgIpc) is 3.50. The number of fused-ring (bicyclic) bond motifs is 4. The molecule has 3 aliphatic carbocycles. The van der Waals surface area contributed by atoms with Crippen molar-refractivity contribution in [3.05, 3.63) is 47.0 Å². The Balaban J connectivity index is 1.58. The molecular weight excluding hydrogens is 746 g/mol. The molecule has 1 aromatic rings. The van der Waals surface area contributed by atoms with Gasteiger partial charge in [-0.15, -0.1) is 0 Å². The van der Waals surface area contributed by atoms with E-state index in [4.69, 9.17) is 28.4 Å². The van der Waals surface area contributed by atoms with Crippen LogP contribution in [0.5, 0.6) is 0 Å². The van der Waals surface area contributed by atoms with E-state index in [9.17, 15) is 39.3 Å². The van der Waals surface area contributed by atoms with E-state index < -0.39 is 118 Å². The normalized spacial score (nSPS) is 36.2. The molecule has 6 rings (SSSR count). The molecule has 4 fully saturated rings. The van der Waals surface area contributed by atoms with Gasteiger partial charge in [-0.05, 0) is 43.5 Å². The van der Waals surface area contributed by atoms with Crippen LogP contribution in [0.4, 0.5) is 4.79 Å². The number of Topliss-reactive ketones (excluding diaryl/α,β-unsaturated/α-hetero) is 1. The number of ether oxygens (including phenoxy) is 6. The van der Waals surface area contributed by atoms with Crippen LogP contribution in [0.1, 0.15) is 91.9 Å². The molecule has 0 radical (unpaired) electrons. The Morgan fingerprint density at radius 2 is 1.68 bits per heavy atom. The summed E-state index contributed by atoms with van der Waals surface area (Å²) in [6.07, 6.45) is -12.7. The first kappa shape index (κ1) is 42.2. The molecular formula is C41H53NO15. The molecule has 2 aliphatic heterocycles. The average molecular weight is 800 g/mol. The van der Waals surface area contributed by atoms with Crippen LogP contribution in [0.3, 0.4) is 0 Å². The summed E-state index contributed by atoms with van der Waals surface area (Å²) in [5.74, 6) is -5.93. The summed E-state index contributed by atoms with van der Waals surface area (Å²) in [6, 6.07) is 6.69. The quantitative estimate of drug-likeness (QED) is 0.160. The minimum atomic E-state index is -2.29. The van der Waals surface area contributed by atoms with Gasteiger partial charge in [-0.1, -0.05) is 66.2 Å². The number of rotatable bonds is 9. The van der Waals surface area contributed by atoms with E-state index in [0.29, 0.717) is 6.42 Å². The van der Waals surface area contributed by atoms with Crippen molar-refractivity contribution in [3.8, 4) is 0 Å². The first-order valence-electron chi connectivity index (χ1n) is 19.3. The highest BCUT2D eigenvalue weighted by molar-refractivity contribution is 5.94. The van der Waals surface area contributed by atoms with Crippen LogP contribution in [0, 0.1) is 22.2 Å². The van der Waals surface area contributed by atoms with Crippen molar-refractivity contribution >= 4 is 35.8 Å². The lowest BCUT2D eigenvalue weighted by atomic mass is 9.44. The second-order valence-corrected chi connectivity index (χ2v) is 17.6. The minimum absolute atomic E-state index is 0.0519. The van der Waals surface area contributed by atoms with Crippen molar-refractivity contribution in [1.29, 1.82) is 0 Å². The number of benzene rings is 1. The molecule has 1 amide bonds. The fourth-order valence-electron chi connectivity index (χ4n) is 9.90. The lowest BCUT2D eigenvalue weighted by Gasteiger charge is -2.67. The van der Waals surface area contributed by atoms with Crippen molar-refractivity contribution in [1.82, 2.24) is 5.32 Å². The van der Waals surface area contributed by atoms with E-state index in [1.807, 2.05) is 0 Å². The monoisotopic (exact) mass is 799 g/mol. The van der Waals surface area contributed by atoms with E-state index in [1.165, 1.54) is 26.0 Å². The Labute approximate surface area is 330 Å². The predicted molar refractivity (Wildman–Crippen MR) is 196 cm³/mol. The largest absolute Gasteiger partial charge is 0.509 e. The number of aliphatic hydroxyl groups is 3. The fraction of sp³-hybridized carbons (Fsp3) is 0.659. The highest BCUT2D eigenvalue weighted by Crippen LogP contribution is 2.66. The number of carbonyl (C=O) groups excluding carboxylic acids is 6. The van der Waals surface area contributed by atoms with Crippen LogP contribution in [0.25, 0.3) is 0 Å². The topological polar surface area (TPSA) is 231 Å². The summed E-state index contributed by atoms with van der Waals surface area (Å²) in [4.78, 5) is 83.0. The van der Waals surface area contributed by atoms with Crippen LogP contribution < -0.4 is 5.32 Å². The third kappa shape index (κ3) is 6.34. The number of ketones is 1. The third-order valence-electron chi connectivity index (χ3n) is 12.9. The first-order chi connectivity index (χ1) is 26.5. The molecule has 2 bridgehead atoms. The van der Waals surface area contributed by atoms with Crippen molar-refractivity contribution < 1.29 is 72.5 Å². The van der Waals surface area contributed by atoms with Gasteiger partial charge in [-0.3, -0.25) is 14.4 Å². The van der Waals surface area contributed by atoms with Crippen LogP contribution >= 0.6 is 0 Å². The number of hydrogen-bond acceptors (Lipinski definition) is 15. The number of esters is 3. The fourth-order valence-corrected chi connectivity index (χ4v) is 9.90. The molecule has 12 atom stereocenters. The summed E-state index contributed by atoms with van der Waals surface area (Å²) < 4.78 is 36.5. The molecule has 2 saturated carbocycles. The van der Waals surface area contributed by atoms with Gasteiger partial charge in [0.2, 0.25) is 11.5 Å². The zero-order valence-corrected chi connectivity index (χ0v) is 33.7. The molecule has 4 N–H and O–H groups in total. The standard InChI is InChI=1S/C41H53NO15/c1-10-14-22(42-35(50)37(4,5)6)26(45)34(49)53-28-19(2)25-27(46)30(47)39(9)23(44)17-24-40(18-52-24,56-20(3)43)29(39)32(54-33(48)21-15-12-11-13-16-21)41(38(25,7)8)31(28)55-36(51)57-41/h11-13,15-16,22-24,26-29,31-32,44-46H,10,14,17-18H2,1-9H3,(H,42,50)/t22-,23-,24+,26+,27+,28+,29-,31-,32-,39+,40-,41+/m0/s1. The van der Waals surface area contributed by atoms with E-state index in [1.54, 1.807) is 59.7 Å². The van der Waals surface area contributed by atoms with Gasteiger partial charge in [0.1, 0.15) is 12.2 Å². The van der Waals surface area contributed by atoms with Gasteiger partial charge in [0, 0.05) is 24.2 Å². The number of nitrogens with one attached hydrogen (secondary N) is 1. The molecule has 16 heteroatoms. The summed E-state index contributed by atoms with van der Waals surface area (Å²) >= 11 is 0. The van der Waals surface area contributed by atoms with Crippen LogP contribution in [-0.4, -0.2) is 118 Å². The van der Waals surface area contributed by atoms with Gasteiger partial charge in [-0.2, -0.15) is 0 Å². The maximum absolute atomic E-state index is 15.0. The second kappa shape index (κ2) is 14.5. The lowest BCUT2D eigenvalue weighted by Crippen LogP contribution is -2.83. The Bertz CT molecular complexity index is 1870. The van der Waals surface area contributed by atoms with E-state index in [0.717, 1.165) is 6.92 Å². The Morgan fingerprint density at radius 1 is 1.04 bits per heavy atom. The van der Waals surface area contributed by atoms with E-state index in [2.05, 4.69) is 5.32 Å². The Morgan fingerprint density at radius 3 is 2.25 bits per heavy atom. The zero-order valence-electron chi connectivity index (χ0n) is 33.7. The summed E-state index contributed by atoms with van der Waals surface area (Å²) in [7, 11) is 0. The predicted octanol–water partition coefficient (Wildman–Crippen LogP) is 2.48. The van der Waals surface area contributed by atoms with Crippen LogP contribution in [0.2, 0.25) is 0 Å². The smallest absolute Gasteiger partial charge is 0.454 e. The molecule has 1 spiro atoms. The maximum atomic E-state index is 15.0. The molecule has 0 unspecified atom stereocenters. The molecule has 1 aromatic carbocycles. The van der Waals surface area contributed by atoms with Gasteiger partial charge in [0.05, 0.1) is 35.6 Å². The molecule has 2 saturated heterocycles. The molecule has 2 heterocycles. The van der Waals surface area contributed by atoms with Crippen molar-refractivity contribution in [3.63, 3.8) is 0 Å². The van der Waals surface area contributed by atoms with Crippen molar-refractivity contribution in [2.24, 2.45) is 22.2 Å². The second-order valence-electron chi connectivity index (χ2n) is 17.6. The van der Waals surface area contributed by atoms with Crippen LogP contribution in [0.15, 0.2) is 41.5 Å². The Kier molecular flexibility index (Phi) is 10.7. The SMILES string of the molecule is CCC[C@H](NC(=O)C(C)(C)C)[C@@H](O)C(=O)O[C@@H]1C(C)=C2[C@@H](O)C(=O)[C@@]3(C)[C@H]([C@H](OC(=O)c4ccccc4)[C@@]4(OC(=O)O[C@@H]14)C2(C)C)[C@]1(OC(C)=O)CO[C@@H]1C[C@@H]3O. The molecule has 5 aliphatic rings. The number of aliphatic hydroxyl groups excluding tert-OH is 3. The summed E-state index contributed by atoms with van der Waals surface area (Å²) in [5.41, 5.74) is -8.67. The summed E-state index contributed by atoms with van der Waals surface area (Å²) in [6.45, 7) is 13.5. The van der Waals surface area contributed by atoms with Gasteiger partial charge in [0.15, 0.2) is 35.8 Å². The highest BCUT2D eigenvalue weighted by Gasteiger charge is 2.83. The number of hydrogen-bond donors (Lipinski definition) is 4. The van der Waals surface area contributed by atoms with Crippen molar-refractivity contribution in [2.45, 2.75) is 142 Å². The summed E-state index contributed by atoms with van der Waals surface area (Å²) in [5, 5.41) is 38.4. The van der Waals surface area contributed by atoms with Gasteiger partial charge in [0.25, 0.3) is 0 Å². The van der Waals surface area contributed by atoms with Gasteiger partial charge < -0.3 is 49.1 Å². The molecule has 0 aromatic heterocycles. The van der Waals surface area contributed by atoms with Crippen molar-refractivity contribution in [2.75, 3.05) is 6.61 Å². The van der Waals surface area contributed by atoms with E-state index >= 15 is 4.79 Å².